The molecule has 0 spiro atoms. The molecule has 1 heterocycles. The summed E-state index contributed by atoms with van der Waals surface area (Å²) in [7, 11) is 0. The number of likely N-dealkylation sites (N-methyl/N-ethyl adjacent to an activating group) is 1. The molecular formula is C17H28N2O. The summed E-state index contributed by atoms with van der Waals surface area (Å²) >= 11 is 0. The van der Waals surface area contributed by atoms with Crippen molar-refractivity contribution >= 4 is 0 Å². The van der Waals surface area contributed by atoms with Crippen LogP contribution < -0.4 is 10.5 Å². The average Bonchev–Trinajstić information content (AvgIpc) is 2.50. The van der Waals surface area contributed by atoms with E-state index in [0.29, 0.717) is 6.61 Å². The summed E-state index contributed by atoms with van der Waals surface area (Å²) in [6.45, 7) is 9.61. The van der Waals surface area contributed by atoms with Crippen LogP contribution in [-0.2, 0) is 0 Å². The minimum Gasteiger partial charge on any atom is -0.492 e. The molecule has 3 heteroatoms. The highest BCUT2D eigenvalue weighted by Crippen LogP contribution is 2.32. The van der Waals surface area contributed by atoms with E-state index in [2.05, 4.69) is 31.7 Å². The Morgan fingerprint density at radius 1 is 1.25 bits per heavy atom. The fourth-order valence-electron chi connectivity index (χ4n) is 3.08. The van der Waals surface area contributed by atoms with Crippen LogP contribution in [-0.4, -0.2) is 30.6 Å². The van der Waals surface area contributed by atoms with Gasteiger partial charge >= 0.3 is 0 Å². The summed E-state index contributed by atoms with van der Waals surface area (Å²) in [4.78, 5) is 2.50. The summed E-state index contributed by atoms with van der Waals surface area (Å²) in [5, 5.41) is 0. The van der Waals surface area contributed by atoms with Gasteiger partial charge in [-0.25, -0.2) is 0 Å². The van der Waals surface area contributed by atoms with E-state index in [1.807, 2.05) is 18.2 Å². The highest BCUT2D eigenvalue weighted by atomic mass is 16.5. The van der Waals surface area contributed by atoms with E-state index >= 15 is 0 Å². The van der Waals surface area contributed by atoms with Gasteiger partial charge in [0.1, 0.15) is 12.4 Å². The highest BCUT2D eigenvalue weighted by Gasteiger charge is 2.32. The third-order valence-electron chi connectivity index (χ3n) is 4.62. The molecule has 2 atom stereocenters. The van der Waals surface area contributed by atoms with Crippen molar-refractivity contribution < 1.29 is 4.74 Å². The lowest BCUT2D eigenvalue weighted by atomic mass is 9.94. The fraction of sp³-hybridized carbons (Fsp3) is 0.647. The second kappa shape index (κ2) is 7.09. The molecule has 1 aliphatic rings. The highest BCUT2D eigenvalue weighted by molar-refractivity contribution is 5.38. The second-order valence-electron chi connectivity index (χ2n) is 5.71. The van der Waals surface area contributed by atoms with Gasteiger partial charge in [0, 0.05) is 12.1 Å². The molecule has 0 radical (unpaired) electrons. The molecule has 0 aromatic heterocycles. The van der Waals surface area contributed by atoms with E-state index in [1.165, 1.54) is 12.8 Å². The molecule has 0 amide bonds. The monoisotopic (exact) mass is 276 g/mol. The second-order valence-corrected chi connectivity index (χ2v) is 5.71. The van der Waals surface area contributed by atoms with Gasteiger partial charge in [0.15, 0.2) is 0 Å². The van der Waals surface area contributed by atoms with Crippen molar-refractivity contribution in [1.29, 1.82) is 0 Å². The Hall–Kier alpha value is -1.06. The third-order valence-corrected chi connectivity index (χ3v) is 4.62. The molecule has 0 fully saturated rings. The van der Waals surface area contributed by atoms with Crippen LogP contribution in [0, 0.1) is 5.92 Å². The lowest BCUT2D eigenvalue weighted by Crippen LogP contribution is -2.50. The molecule has 1 aromatic rings. The van der Waals surface area contributed by atoms with Gasteiger partial charge in [-0.15, -0.1) is 0 Å². The number of benzene rings is 1. The van der Waals surface area contributed by atoms with Crippen molar-refractivity contribution in [1.82, 2.24) is 4.90 Å². The number of rotatable bonds is 6. The van der Waals surface area contributed by atoms with E-state index in [9.17, 15) is 0 Å². The summed E-state index contributed by atoms with van der Waals surface area (Å²) in [5.74, 6) is 1.70. The van der Waals surface area contributed by atoms with Gasteiger partial charge in [0.25, 0.3) is 0 Å². The lowest BCUT2D eigenvalue weighted by molar-refractivity contribution is 0.0864. The maximum Gasteiger partial charge on any atom is 0.124 e. The number of nitrogens with zero attached hydrogens (tertiary/aromatic N) is 1. The normalized spacial score (nSPS) is 21.9. The first-order valence-corrected chi connectivity index (χ1v) is 7.92. The SMILES string of the molecule is CCC(CC)CN(CC)C1COc2ccccc2C1N. The maximum atomic E-state index is 6.50. The zero-order chi connectivity index (χ0) is 14.5. The minimum absolute atomic E-state index is 0.0502. The van der Waals surface area contributed by atoms with Crippen molar-refractivity contribution in [3.05, 3.63) is 29.8 Å². The molecule has 3 nitrogen and oxygen atoms in total. The summed E-state index contributed by atoms with van der Waals surface area (Å²) < 4.78 is 5.92. The quantitative estimate of drug-likeness (QED) is 0.867. The molecule has 2 unspecified atom stereocenters. The zero-order valence-corrected chi connectivity index (χ0v) is 13.0. The number of ether oxygens (including phenoxy) is 1. The van der Waals surface area contributed by atoms with Crippen LogP contribution in [0.5, 0.6) is 5.75 Å². The van der Waals surface area contributed by atoms with Crippen molar-refractivity contribution in [3.63, 3.8) is 0 Å². The molecular weight excluding hydrogens is 248 g/mol. The van der Waals surface area contributed by atoms with Crippen LogP contribution in [0.4, 0.5) is 0 Å². The van der Waals surface area contributed by atoms with Crippen molar-refractivity contribution in [3.8, 4) is 5.75 Å². The Bertz CT molecular complexity index is 417. The summed E-state index contributed by atoms with van der Waals surface area (Å²) in [5.41, 5.74) is 7.65. The standard InChI is InChI=1S/C17H28N2O/c1-4-13(5-2)11-19(6-3)15-12-20-16-10-8-7-9-14(16)17(15)18/h7-10,13,15,17H,4-6,11-12,18H2,1-3H3. The Kier molecular flexibility index (Phi) is 5.44. The summed E-state index contributed by atoms with van der Waals surface area (Å²) in [6.07, 6.45) is 2.46. The number of fused-ring (bicyclic) bond motifs is 1. The van der Waals surface area contributed by atoms with Gasteiger partial charge in [0.05, 0.1) is 12.1 Å². The summed E-state index contributed by atoms with van der Waals surface area (Å²) in [6, 6.07) is 8.50. The van der Waals surface area contributed by atoms with Crippen LogP contribution in [0.2, 0.25) is 0 Å². The molecule has 0 bridgehead atoms. The average molecular weight is 276 g/mol. The van der Waals surface area contributed by atoms with Crippen LogP contribution in [0.1, 0.15) is 45.2 Å². The molecule has 1 aliphatic heterocycles. The van der Waals surface area contributed by atoms with Gasteiger partial charge in [-0.1, -0.05) is 51.8 Å². The Morgan fingerprint density at radius 2 is 1.95 bits per heavy atom. The first kappa shape index (κ1) is 15.3. The molecule has 0 aliphatic carbocycles. The van der Waals surface area contributed by atoms with Crippen LogP contribution >= 0.6 is 0 Å². The van der Waals surface area contributed by atoms with Gasteiger partial charge in [-0.05, 0) is 18.5 Å². The lowest BCUT2D eigenvalue weighted by Gasteiger charge is -2.40. The molecule has 112 valence electrons. The topological polar surface area (TPSA) is 38.5 Å². The van der Waals surface area contributed by atoms with Gasteiger partial charge in [-0.3, -0.25) is 4.90 Å². The van der Waals surface area contributed by atoms with E-state index in [1.54, 1.807) is 0 Å². The minimum atomic E-state index is 0.0502. The van der Waals surface area contributed by atoms with E-state index in [4.69, 9.17) is 10.5 Å². The van der Waals surface area contributed by atoms with Crippen LogP contribution in [0.25, 0.3) is 0 Å². The Labute approximate surface area is 123 Å². The Balaban J connectivity index is 2.12. The largest absolute Gasteiger partial charge is 0.492 e. The Morgan fingerprint density at radius 3 is 2.60 bits per heavy atom. The first-order valence-electron chi connectivity index (χ1n) is 7.92. The molecule has 20 heavy (non-hydrogen) atoms. The van der Waals surface area contributed by atoms with Crippen molar-refractivity contribution in [2.75, 3.05) is 19.7 Å². The number of hydrogen-bond acceptors (Lipinski definition) is 3. The van der Waals surface area contributed by atoms with Crippen LogP contribution in [0.3, 0.4) is 0 Å². The van der Waals surface area contributed by atoms with Gasteiger partial charge in [-0.2, -0.15) is 0 Å². The number of para-hydroxylation sites is 1. The molecule has 0 saturated carbocycles. The van der Waals surface area contributed by atoms with Gasteiger partial charge in [0.2, 0.25) is 0 Å². The molecule has 2 N–H and O–H groups in total. The predicted octanol–water partition coefficient (Wildman–Crippen LogP) is 3.21. The number of nitrogens with two attached hydrogens (primary N) is 1. The van der Waals surface area contributed by atoms with Crippen molar-refractivity contribution in [2.45, 2.75) is 45.7 Å². The smallest absolute Gasteiger partial charge is 0.124 e. The molecule has 0 saturated heterocycles. The maximum absolute atomic E-state index is 6.50. The van der Waals surface area contributed by atoms with Crippen LogP contribution in [0.15, 0.2) is 24.3 Å². The van der Waals surface area contributed by atoms with Gasteiger partial charge < -0.3 is 10.5 Å². The molecule has 2 rings (SSSR count). The van der Waals surface area contributed by atoms with Crippen molar-refractivity contribution in [2.24, 2.45) is 11.7 Å². The van der Waals surface area contributed by atoms with E-state index < -0.39 is 0 Å². The van der Waals surface area contributed by atoms with E-state index in [-0.39, 0.29) is 12.1 Å². The third kappa shape index (κ3) is 3.15. The number of hydrogen-bond donors (Lipinski definition) is 1. The fourth-order valence-corrected chi connectivity index (χ4v) is 3.08. The van der Waals surface area contributed by atoms with E-state index in [0.717, 1.165) is 30.3 Å². The zero-order valence-electron chi connectivity index (χ0n) is 13.0. The first-order chi connectivity index (χ1) is 9.71. The molecule has 1 aromatic carbocycles. The predicted molar refractivity (Wildman–Crippen MR) is 84.0 cm³/mol.